The third kappa shape index (κ3) is 2.27. The summed E-state index contributed by atoms with van der Waals surface area (Å²) in [5, 5.41) is 12.0. The van der Waals surface area contributed by atoms with Crippen LogP contribution in [-0.4, -0.2) is 17.8 Å². The van der Waals surface area contributed by atoms with Crippen LogP contribution in [0.4, 0.5) is 0 Å². The average molecular weight is 281 g/mol. The molecule has 19 heavy (non-hydrogen) atoms. The highest BCUT2D eigenvalue weighted by molar-refractivity contribution is 6.34. The molecule has 3 unspecified atom stereocenters. The molecule has 1 N–H and O–H groups in total. The minimum absolute atomic E-state index is 0.101. The maximum absolute atomic E-state index is 10.5. The quantitative estimate of drug-likeness (QED) is 0.926. The zero-order valence-electron chi connectivity index (χ0n) is 10.8. The zero-order chi connectivity index (χ0) is 13.4. The van der Waals surface area contributed by atoms with Crippen LogP contribution in [0.1, 0.15) is 31.6 Å². The fourth-order valence-electron chi connectivity index (χ4n) is 2.85. The second kappa shape index (κ2) is 5.16. The highest BCUT2D eigenvalue weighted by Crippen LogP contribution is 2.37. The molecule has 1 aromatic heterocycles. The fraction of sp³-hybridized carbons (Fsp3) is 0.467. The van der Waals surface area contributed by atoms with Crippen molar-refractivity contribution in [2.75, 3.05) is 6.61 Å². The zero-order valence-corrected chi connectivity index (χ0v) is 11.6. The SMILES string of the molecule is CCC1OCCC1C(O)c1cc2cccc(Cl)c2o1. The van der Waals surface area contributed by atoms with Crippen molar-refractivity contribution in [3.63, 3.8) is 0 Å². The Kier molecular flexibility index (Phi) is 3.52. The van der Waals surface area contributed by atoms with E-state index in [1.165, 1.54) is 0 Å². The van der Waals surface area contributed by atoms with E-state index in [0.717, 1.165) is 18.2 Å². The molecule has 0 radical (unpaired) electrons. The fourth-order valence-corrected chi connectivity index (χ4v) is 3.07. The summed E-state index contributed by atoms with van der Waals surface area (Å²) in [4.78, 5) is 0. The van der Waals surface area contributed by atoms with E-state index < -0.39 is 6.10 Å². The number of para-hydroxylation sites is 1. The lowest BCUT2D eigenvalue weighted by atomic mass is 9.92. The first kappa shape index (κ1) is 13.0. The van der Waals surface area contributed by atoms with Crippen molar-refractivity contribution in [1.29, 1.82) is 0 Å². The second-order valence-corrected chi connectivity index (χ2v) is 5.43. The van der Waals surface area contributed by atoms with Crippen LogP contribution in [-0.2, 0) is 4.74 Å². The Morgan fingerprint density at radius 2 is 2.32 bits per heavy atom. The molecule has 1 aliphatic heterocycles. The van der Waals surface area contributed by atoms with E-state index in [-0.39, 0.29) is 12.0 Å². The van der Waals surface area contributed by atoms with Crippen LogP contribution in [0.3, 0.4) is 0 Å². The molecule has 0 amide bonds. The summed E-state index contributed by atoms with van der Waals surface area (Å²) in [6.45, 7) is 2.78. The normalized spacial score (nSPS) is 25.0. The summed E-state index contributed by atoms with van der Waals surface area (Å²) in [5.41, 5.74) is 0.644. The minimum atomic E-state index is -0.629. The van der Waals surface area contributed by atoms with Gasteiger partial charge in [0.15, 0.2) is 5.58 Å². The number of ether oxygens (including phenoxy) is 1. The van der Waals surface area contributed by atoms with Crippen molar-refractivity contribution in [1.82, 2.24) is 0 Å². The third-order valence-electron chi connectivity index (χ3n) is 3.88. The average Bonchev–Trinajstić information content (AvgIpc) is 3.04. The van der Waals surface area contributed by atoms with E-state index >= 15 is 0 Å². The number of rotatable bonds is 3. The monoisotopic (exact) mass is 280 g/mol. The molecule has 0 spiro atoms. The molecule has 0 aliphatic carbocycles. The molecule has 1 aliphatic rings. The second-order valence-electron chi connectivity index (χ2n) is 5.02. The van der Waals surface area contributed by atoms with Crippen LogP contribution in [0.25, 0.3) is 11.0 Å². The summed E-state index contributed by atoms with van der Waals surface area (Å²) in [7, 11) is 0. The molecular weight excluding hydrogens is 264 g/mol. The Morgan fingerprint density at radius 1 is 1.47 bits per heavy atom. The van der Waals surface area contributed by atoms with Gasteiger partial charge in [-0.3, -0.25) is 0 Å². The lowest BCUT2D eigenvalue weighted by molar-refractivity contribution is 0.0218. The first-order chi connectivity index (χ1) is 9.20. The molecule has 2 aromatic rings. The van der Waals surface area contributed by atoms with Crippen LogP contribution in [0.2, 0.25) is 5.02 Å². The minimum Gasteiger partial charge on any atom is -0.457 e. The van der Waals surface area contributed by atoms with E-state index in [2.05, 4.69) is 6.92 Å². The maximum atomic E-state index is 10.5. The van der Waals surface area contributed by atoms with Gasteiger partial charge in [0.25, 0.3) is 0 Å². The molecule has 3 nitrogen and oxygen atoms in total. The molecule has 0 saturated carbocycles. The summed E-state index contributed by atoms with van der Waals surface area (Å²) >= 11 is 6.09. The molecule has 3 rings (SSSR count). The van der Waals surface area contributed by atoms with Crippen LogP contribution in [0.5, 0.6) is 0 Å². The van der Waals surface area contributed by atoms with Gasteiger partial charge in [0, 0.05) is 17.9 Å². The predicted octanol–water partition coefficient (Wildman–Crippen LogP) is 3.93. The van der Waals surface area contributed by atoms with E-state index in [4.69, 9.17) is 20.8 Å². The largest absolute Gasteiger partial charge is 0.457 e. The molecule has 0 bridgehead atoms. The molecule has 1 saturated heterocycles. The van der Waals surface area contributed by atoms with Gasteiger partial charge in [0.1, 0.15) is 11.9 Å². The number of aliphatic hydroxyl groups excluding tert-OH is 1. The predicted molar refractivity (Wildman–Crippen MR) is 74.3 cm³/mol. The van der Waals surface area contributed by atoms with Gasteiger partial charge in [-0.05, 0) is 25.0 Å². The lowest BCUT2D eigenvalue weighted by Crippen LogP contribution is -2.21. The van der Waals surface area contributed by atoms with Crippen LogP contribution in [0.15, 0.2) is 28.7 Å². The van der Waals surface area contributed by atoms with Gasteiger partial charge in [0.2, 0.25) is 0 Å². The first-order valence-electron chi connectivity index (χ1n) is 6.68. The van der Waals surface area contributed by atoms with Crippen molar-refractivity contribution >= 4 is 22.6 Å². The van der Waals surface area contributed by atoms with Gasteiger partial charge < -0.3 is 14.3 Å². The van der Waals surface area contributed by atoms with E-state index in [0.29, 0.717) is 23.0 Å². The Hall–Kier alpha value is -1.03. The van der Waals surface area contributed by atoms with Gasteiger partial charge in [0.05, 0.1) is 11.1 Å². The topological polar surface area (TPSA) is 42.6 Å². The number of aliphatic hydroxyl groups is 1. The number of hydrogen-bond acceptors (Lipinski definition) is 3. The van der Waals surface area contributed by atoms with Gasteiger partial charge in [-0.15, -0.1) is 0 Å². The molecule has 1 fully saturated rings. The molecule has 4 heteroatoms. The van der Waals surface area contributed by atoms with E-state index in [1.54, 1.807) is 6.07 Å². The highest BCUT2D eigenvalue weighted by Gasteiger charge is 2.35. The van der Waals surface area contributed by atoms with Gasteiger partial charge >= 0.3 is 0 Å². The van der Waals surface area contributed by atoms with E-state index in [1.807, 2.05) is 18.2 Å². The number of furan rings is 1. The smallest absolute Gasteiger partial charge is 0.152 e. The molecule has 3 atom stereocenters. The van der Waals surface area contributed by atoms with Crippen molar-refractivity contribution in [3.8, 4) is 0 Å². The van der Waals surface area contributed by atoms with Gasteiger partial charge in [-0.25, -0.2) is 0 Å². The molecule has 102 valence electrons. The maximum Gasteiger partial charge on any atom is 0.152 e. The summed E-state index contributed by atoms with van der Waals surface area (Å²) in [5.74, 6) is 0.682. The Morgan fingerprint density at radius 3 is 3.05 bits per heavy atom. The van der Waals surface area contributed by atoms with Crippen molar-refractivity contribution in [3.05, 3.63) is 35.0 Å². The molecule has 2 heterocycles. The Bertz CT molecular complexity index is 578. The number of hydrogen-bond donors (Lipinski definition) is 1. The Balaban J connectivity index is 1.93. The van der Waals surface area contributed by atoms with Crippen molar-refractivity contribution in [2.45, 2.75) is 32.0 Å². The standard InChI is InChI=1S/C15H17ClO3/c1-2-12-10(6-7-18-12)14(17)13-8-9-4-3-5-11(16)15(9)19-13/h3-5,8,10,12,14,17H,2,6-7H2,1H3. The van der Waals surface area contributed by atoms with Gasteiger partial charge in [-0.2, -0.15) is 0 Å². The number of fused-ring (bicyclic) bond motifs is 1. The van der Waals surface area contributed by atoms with Gasteiger partial charge in [-0.1, -0.05) is 30.7 Å². The summed E-state index contributed by atoms with van der Waals surface area (Å²) < 4.78 is 11.4. The van der Waals surface area contributed by atoms with Crippen LogP contribution < -0.4 is 0 Å². The van der Waals surface area contributed by atoms with E-state index in [9.17, 15) is 5.11 Å². The molecular formula is C15H17ClO3. The summed E-state index contributed by atoms with van der Waals surface area (Å²) in [6.07, 6.45) is 1.25. The lowest BCUT2D eigenvalue weighted by Gasteiger charge is -2.20. The third-order valence-corrected chi connectivity index (χ3v) is 4.17. The van der Waals surface area contributed by atoms with Crippen molar-refractivity contribution < 1.29 is 14.3 Å². The number of halogens is 1. The van der Waals surface area contributed by atoms with Crippen LogP contribution >= 0.6 is 11.6 Å². The van der Waals surface area contributed by atoms with Crippen molar-refractivity contribution in [2.24, 2.45) is 5.92 Å². The summed E-state index contributed by atoms with van der Waals surface area (Å²) in [6, 6.07) is 7.47. The molecule has 1 aromatic carbocycles. The van der Waals surface area contributed by atoms with Crippen LogP contribution in [0, 0.1) is 5.92 Å². The first-order valence-corrected chi connectivity index (χ1v) is 7.06. The number of benzene rings is 1. The Labute approximate surface area is 117 Å². The highest BCUT2D eigenvalue weighted by atomic mass is 35.5.